The molecule has 2 aliphatic heterocycles. The van der Waals surface area contributed by atoms with Gasteiger partial charge in [-0.25, -0.2) is 4.58 Å². The van der Waals surface area contributed by atoms with Crippen LogP contribution in [0.25, 0.3) is 0 Å². The van der Waals surface area contributed by atoms with Crippen LogP contribution in [-0.2, 0) is 10.8 Å². The molecule has 2 heterocycles. The molecule has 1 aliphatic carbocycles. The third-order valence-corrected chi connectivity index (χ3v) is 9.53. The molecule has 0 radical (unpaired) electrons. The number of para-hydroxylation sites is 2. The molecule has 0 amide bonds. The van der Waals surface area contributed by atoms with Crippen LogP contribution in [0.1, 0.15) is 58.1 Å². The monoisotopic (exact) mass is 564 g/mol. The molecule has 2 aromatic carbocycles. The second-order valence-electron chi connectivity index (χ2n) is 13.3. The van der Waals surface area contributed by atoms with E-state index in [0.717, 1.165) is 25.9 Å². The van der Waals surface area contributed by atoms with E-state index in [1.165, 1.54) is 57.2 Å². The van der Waals surface area contributed by atoms with E-state index in [4.69, 9.17) is 0 Å². The van der Waals surface area contributed by atoms with E-state index in [1.807, 2.05) is 0 Å². The Morgan fingerprint density at radius 3 is 1.57 bits per heavy atom. The van der Waals surface area contributed by atoms with Crippen molar-refractivity contribution in [2.45, 2.75) is 57.8 Å². The largest absolute Gasteiger partial charge is 0.358 e. The lowest BCUT2D eigenvalue weighted by atomic mass is 9.82. The summed E-state index contributed by atoms with van der Waals surface area (Å²) in [5, 5.41) is 0. The first kappa shape index (κ1) is 31.6. The van der Waals surface area contributed by atoms with Crippen molar-refractivity contribution in [3.8, 4) is 0 Å². The van der Waals surface area contributed by atoms with Gasteiger partial charge in [0.2, 0.25) is 5.71 Å². The van der Waals surface area contributed by atoms with Crippen molar-refractivity contribution in [3.05, 3.63) is 114 Å². The summed E-state index contributed by atoms with van der Waals surface area (Å²) in [5.41, 5.74) is 12.4. The molecule has 0 saturated heterocycles. The molecule has 4 heteroatoms. The summed E-state index contributed by atoms with van der Waals surface area (Å²) in [7, 11) is 11.0. The van der Waals surface area contributed by atoms with Crippen LogP contribution in [0.5, 0.6) is 0 Å². The van der Waals surface area contributed by atoms with Crippen LogP contribution in [0.3, 0.4) is 0 Å². The van der Waals surface area contributed by atoms with Crippen LogP contribution in [-0.4, -0.2) is 63.5 Å². The van der Waals surface area contributed by atoms with Crippen molar-refractivity contribution in [3.63, 3.8) is 0 Å². The summed E-state index contributed by atoms with van der Waals surface area (Å²) in [4.78, 5) is 7.03. The topological polar surface area (TPSA) is 12.7 Å². The van der Waals surface area contributed by atoms with Gasteiger partial charge in [0, 0.05) is 58.8 Å². The lowest BCUT2D eigenvalue weighted by Crippen LogP contribution is -2.30. The van der Waals surface area contributed by atoms with E-state index >= 15 is 0 Å². The molecule has 3 aliphatic rings. The highest BCUT2D eigenvalue weighted by Gasteiger charge is 2.39. The second-order valence-corrected chi connectivity index (χ2v) is 13.3. The summed E-state index contributed by atoms with van der Waals surface area (Å²) in [6.07, 6.45) is 13.0. The van der Waals surface area contributed by atoms with E-state index < -0.39 is 0 Å². The van der Waals surface area contributed by atoms with Crippen LogP contribution in [0.2, 0.25) is 0 Å². The van der Waals surface area contributed by atoms with Crippen molar-refractivity contribution in [1.82, 2.24) is 4.90 Å². The first-order valence-electron chi connectivity index (χ1n) is 15.2. The number of allylic oxidation sites excluding steroid dienone is 8. The maximum Gasteiger partial charge on any atom is 0.206 e. The highest BCUT2D eigenvalue weighted by atomic mass is 15.2. The fraction of sp³-hybridized carbons (Fsp3) is 0.421. The molecule has 0 aromatic heterocycles. The maximum atomic E-state index is 2.49. The molecule has 2 aromatic rings. The number of rotatable bonds is 5. The highest BCUT2D eigenvalue weighted by molar-refractivity contribution is 6.10. The van der Waals surface area contributed by atoms with Gasteiger partial charge in [0.15, 0.2) is 6.54 Å². The van der Waals surface area contributed by atoms with Crippen LogP contribution in [0.4, 0.5) is 11.4 Å². The zero-order valence-electron chi connectivity index (χ0n) is 27.8. The van der Waals surface area contributed by atoms with Gasteiger partial charge >= 0.3 is 0 Å². The lowest BCUT2D eigenvalue weighted by Gasteiger charge is -2.25. The minimum Gasteiger partial charge on any atom is -0.358 e. The first-order chi connectivity index (χ1) is 19.4. The quantitative estimate of drug-likeness (QED) is 0.272. The molecular weight excluding hydrogens is 512 g/mol. The van der Waals surface area contributed by atoms with Gasteiger partial charge in [-0.1, -0.05) is 76.2 Å². The van der Waals surface area contributed by atoms with Gasteiger partial charge in [0.1, 0.15) is 7.05 Å². The molecule has 0 N–H and O–H groups in total. The Hall–Kier alpha value is -3.37. The number of nitrogens with zero attached hydrogens (tertiary/aromatic N) is 4. The third kappa shape index (κ3) is 5.54. The SMILES string of the molecule is CN(C)CC[N+](C)=C1C(=CC=C2N(C)c3ccccc3C2(C)C)CCC/C1=C\C=C1\N(C)c2ccccc2C1(C)C.[CH3-]. The molecule has 1 fully saturated rings. The van der Waals surface area contributed by atoms with Crippen molar-refractivity contribution < 1.29 is 4.58 Å². The number of likely N-dealkylation sites (N-methyl/N-ethyl adjacent to an activating group) is 4. The van der Waals surface area contributed by atoms with Gasteiger partial charge in [-0.15, -0.1) is 0 Å². The Balaban J connectivity index is 0.00000405. The van der Waals surface area contributed by atoms with E-state index in [1.54, 1.807) is 0 Å². The van der Waals surface area contributed by atoms with Gasteiger partial charge in [-0.3, -0.25) is 0 Å². The first-order valence-corrected chi connectivity index (χ1v) is 15.2. The van der Waals surface area contributed by atoms with Crippen LogP contribution >= 0.6 is 0 Å². The Bertz CT molecular complexity index is 1380. The van der Waals surface area contributed by atoms with Gasteiger partial charge in [0.05, 0.1) is 6.54 Å². The predicted molar refractivity (Wildman–Crippen MR) is 183 cm³/mol. The normalized spacial score (nSPS) is 24.0. The highest BCUT2D eigenvalue weighted by Crippen LogP contribution is 2.48. The lowest BCUT2D eigenvalue weighted by molar-refractivity contribution is -0.496. The molecule has 0 unspecified atom stereocenters. The van der Waals surface area contributed by atoms with E-state index in [0.29, 0.717) is 0 Å². The minimum absolute atomic E-state index is 0. The average molecular weight is 565 g/mol. The van der Waals surface area contributed by atoms with Gasteiger partial charge in [-0.05, 0) is 68.8 Å². The van der Waals surface area contributed by atoms with Crippen molar-refractivity contribution in [2.24, 2.45) is 0 Å². The molecular formula is C38H52N4. The van der Waals surface area contributed by atoms with Crippen LogP contribution in [0.15, 0.2) is 95.4 Å². The maximum absolute atomic E-state index is 2.49. The zero-order chi connectivity index (χ0) is 29.5. The van der Waals surface area contributed by atoms with E-state index in [-0.39, 0.29) is 18.3 Å². The molecule has 42 heavy (non-hydrogen) atoms. The molecule has 224 valence electrons. The van der Waals surface area contributed by atoms with Crippen molar-refractivity contribution in [2.75, 3.05) is 58.1 Å². The number of benzene rings is 2. The molecule has 4 nitrogen and oxygen atoms in total. The summed E-state index contributed by atoms with van der Waals surface area (Å²) in [5.74, 6) is 0. The predicted octanol–water partition coefficient (Wildman–Crippen LogP) is 7.74. The van der Waals surface area contributed by atoms with Crippen LogP contribution < -0.4 is 9.80 Å². The number of anilines is 2. The molecule has 5 rings (SSSR count). The second kappa shape index (κ2) is 12.1. The summed E-state index contributed by atoms with van der Waals surface area (Å²) >= 11 is 0. The van der Waals surface area contributed by atoms with Gasteiger partial charge in [-0.2, -0.15) is 0 Å². The Kier molecular flexibility index (Phi) is 9.08. The molecule has 0 bridgehead atoms. The molecule has 1 saturated carbocycles. The summed E-state index contributed by atoms with van der Waals surface area (Å²) in [6.45, 7) is 11.4. The fourth-order valence-corrected chi connectivity index (χ4v) is 7.15. The Morgan fingerprint density at radius 1 is 0.738 bits per heavy atom. The molecule has 0 spiro atoms. The number of hydrogen-bond acceptors (Lipinski definition) is 3. The van der Waals surface area contributed by atoms with Crippen LogP contribution in [0, 0.1) is 7.43 Å². The van der Waals surface area contributed by atoms with Gasteiger partial charge < -0.3 is 22.1 Å². The van der Waals surface area contributed by atoms with E-state index in [9.17, 15) is 0 Å². The summed E-state index contributed by atoms with van der Waals surface area (Å²) < 4.78 is 2.49. The Labute approximate surface area is 256 Å². The zero-order valence-corrected chi connectivity index (χ0v) is 27.8. The summed E-state index contributed by atoms with van der Waals surface area (Å²) in [6, 6.07) is 17.7. The number of fused-ring (bicyclic) bond motifs is 2. The average Bonchev–Trinajstić information content (AvgIpc) is 3.26. The number of hydrogen-bond donors (Lipinski definition) is 0. The Morgan fingerprint density at radius 2 is 1.17 bits per heavy atom. The molecule has 0 atom stereocenters. The van der Waals surface area contributed by atoms with Crippen molar-refractivity contribution in [1.29, 1.82) is 0 Å². The minimum atomic E-state index is -0.0230. The van der Waals surface area contributed by atoms with Gasteiger partial charge in [0.25, 0.3) is 0 Å². The van der Waals surface area contributed by atoms with Crippen molar-refractivity contribution >= 4 is 17.1 Å². The standard InChI is InChI=1S/C37H49N4.CH3/c1-36(2)29-17-10-12-19-31(29)40(8)33(36)23-21-27-15-14-16-28(35(27)39(7)26-25-38(5)6)22-24-34-37(3,4)30-18-11-13-20-32(30)41(34)9;/h10-13,17-24H,14-16,25-26H2,1-9H3;1H3/q+1;-1. The smallest absolute Gasteiger partial charge is 0.206 e. The third-order valence-electron chi connectivity index (χ3n) is 9.53. The van der Waals surface area contributed by atoms with E-state index in [2.05, 4.69) is 155 Å². The fourth-order valence-electron chi connectivity index (χ4n) is 7.15.